The number of hydrogen-bond acceptors (Lipinski definition) is 16. The zero-order valence-electron chi connectivity index (χ0n) is 26.5. The molecule has 1 heterocycles. The molecule has 0 saturated carbocycles. The molecular weight excluding hydrogens is 1420 g/mol. The summed E-state index contributed by atoms with van der Waals surface area (Å²) < 4.78 is 71.7. The Labute approximate surface area is 432 Å². The van der Waals surface area contributed by atoms with Crippen molar-refractivity contribution in [3.63, 3.8) is 0 Å². The Kier molecular flexibility index (Phi) is 79.9. The minimum atomic E-state index is -3.11. The van der Waals surface area contributed by atoms with E-state index in [1.54, 1.807) is 0 Å². The van der Waals surface area contributed by atoms with E-state index in [1.165, 1.54) is 71.7 Å². The molecule has 0 aromatic carbocycles. The Bertz CT molecular complexity index is 1390. The van der Waals surface area contributed by atoms with E-state index >= 15 is 0 Å². The Balaban J connectivity index is -0.0000000514. The Morgan fingerprint density at radius 3 is 1.57 bits per heavy atom. The van der Waals surface area contributed by atoms with Gasteiger partial charge >= 0.3 is 174 Å². The normalized spacial score (nSPS) is 14.7. The van der Waals surface area contributed by atoms with E-state index in [-0.39, 0.29) is 114 Å². The minimum absolute atomic E-state index is 0. The van der Waals surface area contributed by atoms with E-state index in [0.717, 1.165) is 0 Å². The van der Waals surface area contributed by atoms with E-state index in [4.69, 9.17) is 45.2 Å². The van der Waals surface area contributed by atoms with Crippen molar-refractivity contribution in [1.29, 1.82) is 0 Å². The van der Waals surface area contributed by atoms with Gasteiger partial charge in [-0.3, -0.25) is 27.5 Å². The molecule has 0 aromatic heterocycles. The van der Waals surface area contributed by atoms with Crippen molar-refractivity contribution in [2.24, 2.45) is 0 Å². The van der Waals surface area contributed by atoms with Crippen LogP contribution in [0.5, 0.6) is 0 Å². The molecule has 1 rings (SSSR count). The summed E-state index contributed by atoms with van der Waals surface area (Å²) in [5.41, 5.74) is 0. The maximum absolute atomic E-state index is 11.3. The van der Waals surface area contributed by atoms with Crippen LogP contribution in [0.3, 0.4) is 0 Å². The van der Waals surface area contributed by atoms with Gasteiger partial charge in [-0.2, -0.15) is 32.9 Å². The number of carbonyl (C=O) groups excluding carboxylic acids is 4. The molecule has 1 aliphatic heterocycles. The zero-order valence-corrected chi connectivity index (χ0v) is 51.8. The molecule has 1 saturated heterocycles. The van der Waals surface area contributed by atoms with Crippen LogP contribution < -0.4 is 72.4 Å². The van der Waals surface area contributed by atoms with Gasteiger partial charge in [0.15, 0.2) is 11.1 Å². The van der Waals surface area contributed by atoms with Crippen LogP contribution in [0.2, 0.25) is 0 Å². The van der Waals surface area contributed by atoms with Gasteiger partial charge in [-0.05, 0) is 17.1 Å². The van der Waals surface area contributed by atoms with E-state index < -0.39 is 73.0 Å². The van der Waals surface area contributed by atoms with Crippen molar-refractivity contribution >= 4 is 242 Å². The second-order valence-electron chi connectivity index (χ2n) is 6.30. The molecule has 3 atom stereocenters. The molecule has 280 valence electrons. The first-order valence-corrected chi connectivity index (χ1v) is 49.3. The van der Waals surface area contributed by atoms with Crippen LogP contribution in [-0.4, -0.2) is 144 Å². The SMILES string of the molecule is C.C.C=S(CC(=O)OC)S(=C)(=S)CC(=O)OC.C=S(COS1(=C)(C(C)=O)CO1)C(C)=O.II.I[I-]I.O=S=S(=O)=O.O=[S-](=O)[O-].[Na+].[Na+].[Na][Na]. The van der Waals surface area contributed by atoms with Gasteiger partial charge in [-0.25, -0.2) is 0 Å². The molecule has 0 aromatic rings. The van der Waals surface area contributed by atoms with Crippen molar-refractivity contribution in [2.75, 3.05) is 37.6 Å². The van der Waals surface area contributed by atoms with E-state index in [0.29, 0.717) is 13.3 Å². The third-order valence-electron chi connectivity index (χ3n) is 3.57. The van der Waals surface area contributed by atoms with Gasteiger partial charge in [0.2, 0.25) is 15.3 Å². The average Bonchev–Trinajstić information content (AvgIpc) is 3.68. The summed E-state index contributed by atoms with van der Waals surface area (Å²) >= 11 is 17.6. The molecular formula is C18H36I5Na4O14S8-. The van der Waals surface area contributed by atoms with Crippen LogP contribution in [-0.2, 0) is 94.3 Å². The first kappa shape index (κ1) is 79.8. The first-order chi connectivity index (χ1) is 20.5. The average molecular weight is 1460 g/mol. The topological polar surface area (TPSA) is 217 Å². The summed E-state index contributed by atoms with van der Waals surface area (Å²) in [6, 6.07) is 0. The predicted octanol–water partition coefficient (Wildman–Crippen LogP) is -5.17. The molecule has 49 heavy (non-hydrogen) atoms. The van der Waals surface area contributed by atoms with Crippen LogP contribution in [0.1, 0.15) is 28.7 Å². The third kappa shape index (κ3) is 52.7. The number of hydrogen-bond donors (Lipinski definition) is 0. The van der Waals surface area contributed by atoms with Crippen LogP contribution in [0.15, 0.2) is 0 Å². The number of halogens is 5. The first-order valence-electron chi connectivity index (χ1n) is 10.3. The number of rotatable bonds is 8. The number of carbonyl (C=O) groups is 4. The molecule has 0 radical (unpaired) electrons. The predicted molar refractivity (Wildman–Crippen MR) is 241 cm³/mol. The van der Waals surface area contributed by atoms with Crippen LogP contribution in [0.25, 0.3) is 0 Å². The molecule has 0 amide bonds. The fraction of sp³-hybridized carbons (Fsp3) is 0.556. The van der Waals surface area contributed by atoms with Gasteiger partial charge in [0.05, 0.1) is 25.7 Å². The summed E-state index contributed by atoms with van der Waals surface area (Å²) in [7, 11) is -9.68. The van der Waals surface area contributed by atoms with Crippen molar-refractivity contribution in [3.8, 4) is 0 Å². The quantitative estimate of drug-likeness (QED) is 0.0256. The summed E-state index contributed by atoms with van der Waals surface area (Å²) in [5, 5.41) is -0.223. The molecule has 0 bridgehead atoms. The van der Waals surface area contributed by atoms with Crippen molar-refractivity contribution in [2.45, 2.75) is 28.7 Å². The van der Waals surface area contributed by atoms with Crippen LogP contribution >= 0.6 is 104 Å². The van der Waals surface area contributed by atoms with Crippen LogP contribution in [0, 0.1) is 0 Å². The summed E-state index contributed by atoms with van der Waals surface area (Å²) in [5.74, 6) is 14.6. The van der Waals surface area contributed by atoms with E-state index in [1.807, 2.05) is 0 Å². The van der Waals surface area contributed by atoms with Crippen molar-refractivity contribution < 1.29 is 135 Å². The molecule has 14 nitrogen and oxygen atoms in total. The van der Waals surface area contributed by atoms with E-state index in [2.05, 4.69) is 107 Å². The Morgan fingerprint density at radius 2 is 1.37 bits per heavy atom. The third-order valence-corrected chi connectivity index (χ3v) is 15.8. The molecule has 1 fully saturated rings. The number of esters is 2. The molecule has 3 unspecified atom stereocenters. The van der Waals surface area contributed by atoms with Gasteiger partial charge < -0.3 is 22.4 Å². The second kappa shape index (κ2) is 49.1. The molecule has 0 N–H and O–H groups in total. The fourth-order valence-electron chi connectivity index (χ4n) is 1.27. The molecule has 0 spiro atoms. The fourth-order valence-corrected chi connectivity index (χ4v) is 7.73. The molecule has 31 heteroatoms. The second-order valence-corrected chi connectivity index (χ2v) is 39.0. The molecule has 0 aliphatic carbocycles. The zero-order chi connectivity index (χ0) is 37.6. The summed E-state index contributed by atoms with van der Waals surface area (Å²) in [6.07, 6.45) is 0. The van der Waals surface area contributed by atoms with E-state index in [9.17, 15) is 19.2 Å². The van der Waals surface area contributed by atoms with Gasteiger partial charge in [0.1, 0.15) is 5.94 Å². The number of methoxy groups -OCH3 is 2. The van der Waals surface area contributed by atoms with Gasteiger partial charge in [-0.1, -0.05) is 50.2 Å². The summed E-state index contributed by atoms with van der Waals surface area (Å²) in [4.78, 5) is 44.2. The van der Waals surface area contributed by atoms with Gasteiger partial charge in [0, 0.05) is 51.1 Å². The van der Waals surface area contributed by atoms with Crippen molar-refractivity contribution in [1.82, 2.24) is 0 Å². The monoisotopic (exact) mass is 1460 g/mol. The van der Waals surface area contributed by atoms with Crippen molar-refractivity contribution in [3.05, 3.63) is 0 Å². The van der Waals surface area contributed by atoms with Gasteiger partial charge in [-0.15, -0.1) is 9.52 Å². The molecule has 1 aliphatic rings. The number of ether oxygens (including phenoxy) is 2. The van der Waals surface area contributed by atoms with Crippen LogP contribution in [0.4, 0.5) is 0 Å². The Morgan fingerprint density at radius 1 is 1.06 bits per heavy atom. The van der Waals surface area contributed by atoms with Gasteiger partial charge in [0.25, 0.3) is 0 Å². The summed E-state index contributed by atoms with van der Waals surface area (Å²) in [6.45, 7) is 2.85. The Hall–Kier alpha value is 6.70. The maximum atomic E-state index is 11.3. The standard InChI is InChI=1S/C8H14O4S3.C8H14O4S2.2CH4.I3.I2.4Na.O3S2.O3S/c1-11-7(9)5-14(3)15(4,13)6-8(10)12-2;1-7(9)13(3)5-11-14(4,6-12-14)8(2)10;;;1-3-2;1-2;;;;;1-4-5(2)3;1-4(2)3/h3-6H2,1-2H3;3-6H2,1-2H3;2*1H4;;;;;;;;/q;;;;-1;;;;2*+1;;-2.